The van der Waals surface area contributed by atoms with Crippen LogP contribution in [0, 0.1) is 29.9 Å². The highest BCUT2D eigenvalue weighted by Gasteiger charge is 2.22. The highest BCUT2D eigenvalue weighted by Crippen LogP contribution is 2.28. The van der Waals surface area contributed by atoms with Gasteiger partial charge in [-0.15, -0.1) is 0 Å². The average molecular weight is 277 g/mol. The number of pyridine rings is 1. The first-order chi connectivity index (χ1) is 9.50. The monoisotopic (exact) mass is 277 g/mol. The molecular formula is C15H23N3O2. The molecule has 20 heavy (non-hydrogen) atoms. The fraction of sp³-hybridized carbons (Fsp3) is 0.667. The van der Waals surface area contributed by atoms with Gasteiger partial charge in [0.1, 0.15) is 0 Å². The Morgan fingerprint density at radius 2 is 2.10 bits per heavy atom. The summed E-state index contributed by atoms with van der Waals surface area (Å²) in [4.78, 5) is 15.1. The molecule has 2 rings (SSSR count). The van der Waals surface area contributed by atoms with Gasteiger partial charge in [0.05, 0.1) is 10.6 Å². The van der Waals surface area contributed by atoms with Crippen LogP contribution in [0.2, 0.25) is 0 Å². The topological polar surface area (TPSA) is 68.1 Å². The van der Waals surface area contributed by atoms with Crippen LogP contribution in [0.1, 0.15) is 49.4 Å². The Kier molecular flexibility index (Phi) is 4.70. The lowest BCUT2D eigenvalue weighted by atomic mass is 9.99. The van der Waals surface area contributed by atoms with Gasteiger partial charge in [-0.3, -0.25) is 15.1 Å². The third kappa shape index (κ3) is 3.15. The Labute approximate surface area is 119 Å². The zero-order chi connectivity index (χ0) is 14.7. The lowest BCUT2D eigenvalue weighted by Crippen LogP contribution is -2.32. The van der Waals surface area contributed by atoms with Crippen molar-refractivity contribution in [1.82, 2.24) is 10.3 Å². The minimum absolute atomic E-state index is 0.199. The normalized spacial score (nSPS) is 17.4. The molecule has 0 radical (unpaired) electrons. The smallest absolute Gasteiger partial charge is 0.278 e. The van der Waals surface area contributed by atoms with Gasteiger partial charge in [-0.25, -0.2) is 0 Å². The van der Waals surface area contributed by atoms with Crippen LogP contribution in [0.3, 0.4) is 0 Å². The third-order valence-electron chi connectivity index (χ3n) is 4.46. The summed E-state index contributed by atoms with van der Waals surface area (Å²) in [5, 5.41) is 14.6. The number of aryl methyl sites for hydroxylation is 1. The molecule has 0 saturated heterocycles. The summed E-state index contributed by atoms with van der Waals surface area (Å²) in [6.07, 6.45) is 6.82. The fourth-order valence-electron chi connectivity index (χ4n) is 3.11. The van der Waals surface area contributed by atoms with Crippen molar-refractivity contribution in [3.05, 3.63) is 33.1 Å². The van der Waals surface area contributed by atoms with Crippen molar-refractivity contribution in [2.24, 2.45) is 5.92 Å². The number of nitro groups is 1. The van der Waals surface area contributed by atoms with E-state index >= 15 is 0 Å². The van der Waals surface area contributed by atoms with E-state index in [4.69, 9.17) is 0 Å². The summed E-state index contributed by atoms with van der Waals surface area (Å²) < 4.78 is 0. The standard InChI is InChI=1S/C15H23N3O2/c1-10-8-17-14(11(2)15(10)18(19)20)9-16-12(3)13-6-4-5-7-13/h8,12-13,16H,4-7,9H2,1-3H3/t12-/m0/s1. The number of nitrogens with zero attached hydrogens (tertiary/aromatic N) is 2. The Balaban J connectivity index is 2.06. The van der Waals surface area contributed by atoms with Gasteiger partial charge in [0, 0.05) is 29.9 Å². The van der Waals surface area contributed by atoms with Crippen molar-refractivity contribution < 1.29 is 4.92 Å². The molecule has 0 spiro atoms. The van der Waals surface area contributed by atoms with Crippen LogP contribution in [0.4, 0.5) is 5.69 Å². The highest BCUT2D eigenvalue weighted by atomic mass is 16.6. The van der Waals surface area contributed by atoms with Crippen molar-refractivity contribution >= 4 is 5.69 Å². The number of hydrogen-bond acceptors (Lipinski definition) is 4. The van der Waals surface area contributed by atoms with Gasteiger partial charge < -0.3 is 5.32 Å². The maximum Gasteiger partial charge on any atom is 0.278 e. The Morgan fingerprint density at radius 1 is 1.45 bits per heavy atom. The SMILES string of the molecule is Cc1cnc(CN[C@@H](C)C2CCCC2)c(C)c1[N+](=O)[O-]. The summed E-state index contributed by atoms with van der Waals surface area (Å²) in [5.41, 5.74) is 2.29. The fourth-order valence-corrected chi connectivity index (χ4v) is 3.11. The van der Waals surface area contributed by atoms with E-state index in [2.05, 4.69) is 17.2 Å². The van der Waals surface area contributed by atoms with E-state index in [0.717, 1.165) is 11.6 Å². The molecule has 1 aromatic heterocycles. The van der Waals surface area contributed by atoms with E-state index in [0.29, 0.717) is 23.7 Å². The molecule has 1 saturated carbocycles. The molecule has 110 valence electrons. The molecule has 1 N–H and O–H groups in total. The summed E-state index contributed by atoms with van der Waals surface area (Å²) >= 11 is 0. The van der Waals surface area contributed by atoms with Crippen LogP contribution < -0.4 is 5.32 Å². The maximum atomic E-state index is 11.1. The van der Waals surface area contributed by atoms with Crippen LogP contribution in [0.15, 0.2) is 6.20 Å². The van der Waals surface area contributed by atoms with Crippen molar-refractivity contribution in [3.8, 4) is 0 Å². The number of hydrogen-bond donors (Lipinski definition) is 1. The van der Waals surface area contributed by atoms with Crippen molar-refractivity contribution in [2.45, 2.75) is 59.0 Å². The summed E-state index contributed by atoms with van der Waals surface area (Å²) in [5.74, 6) is 0.732. The minimum Gasteiger partial charge on any atom is -0.308 e. The molecule has 1 heterocycles. The van der Waals surface area contributed by atoms with Crippen LogP contribution in [0.5, 0.6) is 0 Å². The molecular weight excluding hydrogens is 254 g/mol. The number of nitrogens with one attached hydrogen (secondary N) is 1. The molecule has 5 nitrogen and oxygen atoms in total. The maximum absolute atomic E-state index is 11.1. The number of aromatic nitrogens is 1. The molecule has 1 aromatic rings. The molecule has 0 aliphatic heterocycles. The quantitative estimate of drug-likeness (QED) is 0.662. The lowest BCUT2D eigenvalue weighted by molar-refractivity contribution is -0.386. The van der Waals surface area contributed by atoms with Gasteiger partial charge in [0.2, 0.25) is 0 Å². The first-order valence-electron chi connectivity index (χ1n) is 7.33. The summed E-state index contributed by atoms with van der Waals surface area (Å²) in [6, 6.07) is 0.444. The van der Waals surface area contributed by atoms with Crippen LogP contribution >= 0.6 is 0 Å². The average Bonchev–Trinajstić information content (AvgIpc) is 2.91. The van der Waals surface area contributed by atoms with Gasteiger partial charge in [0.25, 0.3) is 5.69 Å². The van der Waals surface area contributed by atoms with Crippen molar-refractivity contribution in [3.63, 3.8) is 0 Å². The Hall–Kier alpha value is -1.49. The molecule has 5 heteroatoms. The van der Waals surface area contributed by atoms with E-state index < -0.39 is 0 Å². The molecule has 1 atom stereocenters. The summed E-state index contributed by atoms with van der Waals surface area (Å²) in [7, 11) is 0. The second-order valence-electron chi connectivity index (χ2n) is 5.83. The molecule has 1 aliphatic carbocycles. The molecule has 0 aromatic carbocycles. The van der Waals surface area contributed by atoms with E-state index in [1.165, 1.54) is 25.7 Å². The van der Waals surface area contributed by atoms with E-state index in [1.807, 2.05) is 0 Å². The van der Waals surface area contributed by atoms with Gasteiger partial charge in [-0.2, -0.15) is 0 Å². The van der Waals surface area contributed by atoms with Crippen molar-refractivity contribution in [1.29, 1.82) is 0 Å². The van der Waals surface area contributed by atoms with E-state index in [9.17, 15) is 10.1 Å². The first-order valence-corrected chi connectivity index (χ1v) is 7.33. The van der Waals surface area contributed by atoms with Crippen LogP contribution in [0.25, 0.3) is 0 Å². The van der Waals surface area contributed by atoms with Crippen molar-refractivity contribution in [2.75, 3.05) is 0 Å². The zero-order valence-electron chi connectivity index (χ0n) is 12.5. The second kappa shape index (κ2) is 6.31. The molecule has 0 unspecified atom stereocenters. The predicted octanol–water partition coefficient (Wildman–Crippen LogP) is 3.27. The highest BCUT2D eigenvalue weighted by molar-refractivity contribution is 5.47. The lowest BCUT2D eigenvalue weighted by Gasteiger charge is -2.20. The van der Waals surface area contributed by atoms with Gasteiger partial charge in [-0.05, 0) is 39.5 Å². The van der Waals surface area contributed by atoms with Gasteiger partial charge >= 0.3 is 0 Å². The first kappa shape index (κ1) is 14.9. The van der Waals surface area contributed by atoms with Crippen LogP contribution in [-0.4, -0.2) is 15.9 Å². The molecule has 1 aliphatic rings. The largest absolute Gasteiger partial charge is 0.308 e. The molecule has 0 amide bonds. The van der Waals surface area contributed by atoms with E-state index in [-0.39, 0.29) is 10.6 Å². The predicted molar refractivity (Wildman–Crippen MR) is 78.6 cm³/mol. The van der Waals surface area contributed by atoms with E-state index in [1.54, 1.807) is 20.0 Å². The van der Waals surface area contributed by atoms with Gasteiger partial charge in [-0.1, -0.05) is 12.8 Å². The summed E-state index contributed by atoms with van der Waals surface area (Å²) in [6.45, 7) is 6.32. The Morgan fingerprint density at radius 3 is 2.70 bits per heavy atom. The van der Waals surface area contributed by atoms with Crippen LogP contribution in [-0.2, 0) is 6.54 Å². The number of rotatable bonds is 5. The molecule has 0 bridgehead atoms. The second-order valence-corrected chi connectivity index (χ2v) is 5.83. The Bertz CT molecular complexity index is 496. The zero-order valence-corrected chi connectivity index (χ0v) is 12.5. The third-order valence-corrected chi connectivity index (χ3v) is 4.46. The minimum atomic E-state index is -0.309. The molecule has 1 fully saturated rings. The van der Waals surface area contributed by atoms with Gasteiger partial charge in [0.15, 0.2) is 0 Å².